The second-order valence-corrected chi connectivity index (χ2v) is 5.80. The summed E-state index contributed by atoms with van der Waals surface area (Å²) in [6.45, 7) is 5.33. The summed E-state index contributed by atoms with van der Waals surface area (Å²) in [6.07, 6.45) is 4.67. The summed E-state index contributed by atoms with van der Waals surface area (Å²) in [5.41, 5.74) is 1.21. The Balaban J connectivity index is 2.08. The van der Waals surface area contributed by atoms with Crippen molar-refractivity contribution >= 4 is 23.4 Å². The van der Waals surface area contributed by atoms with Gasteiger partial charge in [0, 0.05) is 23.3 Å². The fraction of sp³-hybridized carbons (Fsp3) is 0.357. The quantitative estimate of drug-likeness (QED) is 0.836. The molecule has 2 aromatic rings. The molecule has 0 saturated carbocycles. The molecular weight excluding hydrogens is 278 g/mol. The third kappa shape index (κ3) is 4.00. The molecule has 0 aliphatic heterocycles. The third-order valence-electron chi connectivity index (χ3n) is 2.84. The second kappa shape index (κ2) is 6.98. The zero-order valence-electron chi connectivity index (χ0n) is 11.1. The van der Waals surface area contributed by atoms with Gasteiger partial charge in [0.25, 0.3) is 0 Å². The van der Waals surface area contributed by atoms with Crippen LogP contribution in [0.3, 0.4) is 0 Å². The molecule has 0 fully saturated rings. The molecule has 102 valence electrons. The highest BCUT2D eigenvalue weighted by atomic mass is 35.5. The Morgan fingerprint density at radius 3 is 2.95 bits per heavy atom. The number of hydrogen-bond donors (Lipinski definition) is 2. The summed E-state index contributed by atoms with van der Waals surface area (Å²) in [5.74, 6) is 0. The molecule has 2 rings (SSSR count). The average molecular weight is 296 g/mol. The van der Waals surface area contributed by atoms with Crippen molar-refractivity contribution in [2.45, 2.75) is 36.4 Å². The molecule has 1 unspecified atom stereocenters. The van der Waals surface area contributed by atoms with Crippen molar-refractivity contribution in [1.29, 1.82) is 0 Å². The molecule has 19 heavy (non-hydrogen) atoms. The Morgan fingerprint density at radius 1 is 1.47 bits per heavy atom. The standard InChI is InChI=1S/C14H18ClN3S/c1-3-6-16-10(2)11-4-5-13(12(15)9-11)19-14-17-7-8-18-14/h4-5,7-10,16H,3,6H2,1-2H3,(H,17,18). The fourth-order valence-corrected chi connectivity index (χ4v) is 2.80. The van der Waals surface area contributed by atoms with E-state index in [0.717, 1.165) is 28.0 Å². The lowest BCUT2D eigenvalue weighted by Gasteiger charge is -2.14. The molecule has 0 aliphatic rings. The number of hydrogen-bond acceptors (Lipinski definition) is 3. The predicted molar refractivity (Wildman–Crippen MR) is 80.9 cm³/mol. The van der Waals surface area contributed by atoms with Crippen LogP contribution in [0.25, 0.3) is 0 Å². The van der Waals surface area contributed by atoms with E-state index in [0.29, 0.717) is 6.04 Å². The van der Waals surface area contributed by atoms with E-state index in [4.69, 9.17) is 11.6 Å². The average Bonchev–Trinajstić information content (AvgIpc) is 2.91. The highest BCUT2D eigenvalue weighted by Gasteiger charge is 2.09. The van der Waals surface area contributed by atoms with Crippen LogP contribution in [0, 0.1) is 0 Å². The normalized spacial score (nSPS) is 12.6. The summed E-state index contributed by atoms with van der Waals surface area (Å²) in [7, 11) is 0. The van der Waals surface area contributed by atoms with Crippen LogP contribution >= 0.6 is 23.4 Å². The van der Waals surface area contributed by atoms with E-state index in [-0.39, 0.29) is 0 Å². The Morgan fingerprint density at radius 2 is 2.32 bits per heavy atom. The van der Waals surface area contributed by atoms with Gasteiger partial charge in [-0.25, -0.2) is 4.98 Å². The lowest BCUT2D eigenvalue weighted by atomic mass is 10.1. The maximum Gasteiger partial charge on any atom is 0.170 e. The number of H-pyrrole nitrogens is 1. The van der Waals surface area contributed by atoms with E-state index in [1.807, 2.05) is 6.07 Å². The van der Waals surface area contributed by atoms with Crippen molar-refractivity contribution < 1.29 is 0 Å². The fourth-order valence-electron chi connectivity index (χ4n) is 1.76. The van der Waals surface area contributed by atoms with Crippen LogP contribution < -0.4 is 5.32 Å². The van der Waals surface area contributed by atoms with Crippen LogP contribution in [-0.2, 0) is 0 Å². The van der Waals surface area contributed by atoms with Crippen molar-refractivity contribution in [2.75, 3.05) is 6.54 Å². The summed E-state index contributed by atoms with van der Waals surface area (Å²) in [6, 6.07) is 6.51. The summed E-state index contributed by atoms with van der Waals surface area (Å²) < 4.78 is 0. The van der Waals surface area contributed by atoms with Gasteiger partial charge in [-0.1, -0.05) is 36.4 Å². The highest BCUT2D eigenvalue weighted by Crippen LogP contribution is 2.32. The smallest absolute Gasteiger partial charge is 0.170 e. The second-order valence-electron chi connectivity index (χ2n) is 4.36. The molecule has 5 heteroatoms. The van der Waals surface area contributed by atoms with Gasteiger partial charge in [0.15, 0.2) is 5.16 Å². The maximum absolute atomic E-state index is 6.33. The van der Waals surface area contributed by atoms with E-state index in [9.17, 15) is 0 Å². The lowest BCUT2D eigenvalue weighted by molar-refractivity contribution is 0.570. The minimum atomic E-state index is 0.320. The van der Waals surface area contributed by atoms with Gasteiger partial charge in [-0.15, -0.1) is 0 Å². The van der Waals surface area contributed by atoms with E-state index in [2.05, 4.69) is 41.3 Å². The lowest BCUT2D eigenvalue weighted by Crippen LogP contribution is -2.19. The summed E-state index contributed by atoms with van der Waals surface area (Å²) in [4.78, 5) is 8.26. The minimum absolute atomic E-state index is 0.320. The molecule has 0 amide bonds. The Labute approximate surface area is 123 Å². The number of aromatic amines is 1. The SMILES string of the molecule is CCCNC(C)c1ccc(Sc2ncc[nH]2)c(Cl)c1. The molecule has 1 atom stereocenters. The van der Waals surface area contributed by atoms with Crippen LogP contribution in [0.15, 0.2) is 40.6 Å². The van der Waals surface area contributed by atoms with Crippen LogP contribution in [0.2, 0.25) is 5.02 Å². The molecule has 0 spiro atoms. The third-order valence-corrected chi connectivity index (χ3v) is 4.25. The first-order valence-corrected chi connectivity index (χ1v) is 7.60. The van der Waals surface area contributed by atoms with Crippen molar-refractivity contribution in [2.24, 2.45) is 0 Å². The van der Waals surface area contributed by atoms with Crippen molar-refractivity contribution in [1.82, 2.24) is 15.3 Å². The number of imidazole rings is 1. The molecule has 1 heterocycles. The Bertz CT molecular complexity index is 513. The van der Waals surface area contributed by atoms with Crippen molar-refractivity contribution in [3.05, 3.63) is 41.2 Å². The molecule has 0 aliphatic carbocycles. The molecular formula is C14H18ClN3S. The zero-order chi connectivity index (χ0) is 13.7. The minimum Gasteiger partial charge on any atom is -0.339 e. The topological polar surface area (TPSA) is 40.7 Å². The number of rotatable bonds is 6. The molecule has 0 bridgehead atoms. The molecule has 2 N–H and O–H groups in total. The van der Waals surface area contributed by atoms with E-state index < -0.39 is 0 Å². The number of nitrogens with one attached hydrogen (secondary N) is 2. The van der Waals surface area contributed by atoms with Gasteiger partial charge in [0.05, 0.1) is 5.02 Å². The van der Waals surface area contributed by atoms with E-state index >= 15 is 0 Å². The Kier molecular flexibility index (Phi) is 5.31. The van der Waals surface area contributed by atoms with Crippen molar-refractivity contribution in [3.63, 3.8) is 0 Å². The largest absolute Gasteiger partial charge is 0.339 e. The van der Waals surface area contributed by atoms with Gasteiger partial charge in [0.1, 0.15) is 0 Å². The first-order valence-electron chi connectivity index (χ1n) is 6.40. The van der Waals surface area contributed by atoms with Gasteiger partial charge in [-0.3, -0.25) is 0 Å². The van der Waals surface area contributed by atoms with Gasteiger partial charge in [-0.05, 0) is 37.6 Å². The van der Waals surface area contributed by atoms with Crippen LogP contribution in [-0.4, -0.2) is 16.5 Å². The number of nitrogens with zero attached hydrogens (tertiary/aromatic N) is 1. The maximum atomic E-state index is 6.33. The molecule has 1 aromatic carbocycles. The van der Waals surface area contributed by atoms with Crippen LogP contribution in [0.5, 0.6) is 0 Å². The first kappa shape index (κ1) is 14.4. The predicted octanol–water partition coefficient (Wildman–Crippen LogP) is 4.27. The monoisotopic (exact) mass is 295 g/mol. The zero-order valence-corrected chi connectivity index (χ0v) is 12.7. The van der Waals surface area contributed by atoms with E-state index in [1.54, 1.807) is 24.2 Å². The van der Waals surface area contributed by atoms with Gasteiger partial charge >= 0.3 is 0 Å². The molecule has 1 aromatic heterocycles. The summed E-state index contributed by atoms with van der Waals surface area (Å²) in [5, 5.41) is 5.08. The number of benzene rings is 1. The first-order chi connectivity index (χ1) is 9.20. The Hall–Kier alpha value is -0.970. The van der Waals surface area contributed by atoms with E-state index in [1.165, 1.54) is 5.56 Å². The van der Waals surface area contributed by atoms with Gasteiger partial charge in [-0.2, -0.15) is 0 Å². The van der Waals surface area contributed by atoms with Gasteiger partial charge < -0.3 is 10.3 Å². The molecule has 0 saturated heterocycles. The highest BCUT2D eigenvalue weighted by molar-refractivity contribution is 7.99. The molecule has 3 nitrogen and oxygen atoms in total. The summed E-state index contributed by atoms with van der Waals surface area (Å²) >= 11 is 7.87. The number of halogens is 1. The van der Waals surface area contributed by atoms with Gasteiger partial charge in [0.2, 0.25) is 0 Å². The van der Waals surface area contributed by atoms with Crippen LogP contribution in [0.1, 0.15) is 31.9 Å². The molecule has 0 radical (unpaired) electrons. The van der Waals surface area contributed by atoms with Crippen molar-refractivity contribution in [3.8, 4) is 0 Å². The van der Waals surface area contributed by atoms with Crippen LogP contribution in [0.4, 0.5) is 0 Å². The number of aromatic nitrogens is 2.